The number of hydrogen-bond donors (Lipinski definition) is 2. The van der Waals surface area contributed by atoms with E-state index in [4.69, 9.17) is 5.11 Å². The molecule has 0 bridgehead atoms. The lowest BCUT2D eigenvalue weighted by Gasteiger charge is -2.18. The van der Waals surface area contributed by atoms with Gasteiger partial charge < -0.3 is 10.1 Å². The standard InChI is InChI=1S/C13H12BrNO2/c14-8-2-4-11-10(6-8)9-3-1-7(13(16)17)5-12(9)15-11/h2,4,6-7,15H,1,3,5H2,(H,16,17). The summed E-state index contributed by atoms with van der Waals surface area (Å²) >= 11 is 3.47. The van der Waals surface area contributed by atoms with E-state index in [1.165, 1.54) is 10.9 Å². The fourth-order valence-corrected chi connectivity index (χ4v) is 2.97. The first-order chi connectivity index (χ1) is 8.15. The van der Waals surface area contributed by atoms with Gasteiger partial charge in [0.2, 0.25) is 0 Å². The summed E-state index contributed by atoms with van der Waals surface area (Å²) in [6, 6.07) is 6.14. The minimum atomic E-state index is -0.685. The SMILES string of the molecule is O=C(O)C1CCc2c([nH]c3ccc(Br)cc23)C1. The number of aromatic amines is 1. The Morgan fingerprint density at radius 2 is 2.29 bits per heavy atom. The fourth-order valence-electron chi connectivity index (χ4n) is 2.61. The van der Waals surface area contributed by atoms with Gasteiger partial charge in [0.05, 0.1) is 5.92 Å². The Hall–Kier alpha value is -1.29. The van der Waals surface area contributed by atoms with Gasteiger partial charge in [-0.25, -0.2) is 0 Å². The average Bonchev–Trinajstić information content (AvgIpc) is 2.66. The van der Waals surface area contributed by atoms with Gasteiger partial charge in [-0.1, -0.05) is 15.9 Å². The zero-order chi connectivity index (χ0) is 12.0. The Morgan fingerprint density at radius 1 is 1.47 bits per heavy atom. The van der Waals surface area contributed by atoms with Crippen LogP contribution in [-0.4, -0.2) is 16.1 Å². The number of halogens is 1. The number of carboxylic acid groups (broad SMARTS) is 1. The molecule has 1 aromatic heterocycles. The molecular weight excluding hydrogens is 282 g/mol. The van der Waals surface area contributed by atoms with E-state index in [2.05, 4.69) is 27.0 Å². The predicted octanol–water partition coefficient (Wildman–Crippen LogP) is 3.12. The van der Waals surface area contributed by atoms with Crippen LogP contribution in [-0.2, 0) is 17.6 Å². The van der Waals surface area contributed by atoms with E-state index < -0.39 is 5.97 Å². The molecule has 1 aliphatic rings. The van der Waals surface area contributed by atoms with E-state index in [1.807, 2.05) is 12.1 Å². The van der Waals surface area contributed by atoms with E-state index in [1.54, 1.807) is 0 Å². The quantitative estimate of drug-likeness (QED) is 0.849. The van der Waals surface area contributed by atoms with E-state index in [9.17, 15) is 4.79 Å². The number of aryl methyl sites for hydroxylation is 1. The highest BCUT2D eigenvalue weighted by atomic mass is 79.9. The van der Waals surface area contributed by atoms with Crippen LogP contribution in [0.2, 0.25) is 0 Å². The number of carboxylic acids is 1. The average molecular weight is 294 g/mol. The van der Waals surface area contributed by atoms with Crippen LogP contribution in [0.3, 0.4) is 0 Å². The highest BCUT2D eigenvalue weighted by Crippen LogP contribution is 2.33. The Balaban J connectivity index is 2.10. The van der Waals surface area contributed by atoms with Crippen molar-refractivity contribution in [2.75, 3.05) is 0 Å². The molecule has 0 saturated heterocycles. The van der Waals surface area contributed by atoms with Crippen molar-refractivity contribution < 1.29 is 9.90 Å². The van der Waals surface area contributed by atoms with Crippen molar-refractivity contribution >= 4 is 32.8 Å². The second-order valence-corrected chi connectivity index (χ2v) is 5.47. The molecule has 1 heterocycles. The number of benzene rings is 1. The first kappa shape index (κ1) is 10.8. The Kier molecular flexibility index (Phi) is 2.47. The topological polar surface area (TPSA) is 53.1 Å². The lowest BCUT2D eigenvalue weighted by atomic mass is 9.87. The summed E-state index contributed by atoms with van der Waals surface area (Å²) in [4.78, 5) is 14.4. The van der Waals surface area contributed by atoms with Gasteiger partial charge in [-0.2, -0.15) is 0 Å². The van der Waals surface area contributed by atoms with E-state index in [0.717, 1.165) is 28.5 Å². The van der Waals surface area contributed by atoms with Crippen molar-refractivity contribution in [2.24, 2.45) is 5.92 Å². The van der Waals surface area contributed by atoms with Gasteiger partial charge in [-0.3, -0.25) is 4.79 Å². The van der Waals surface area contributed by atoms with Crippen LogP contribution >= 0.6 is 15.9 Å². The van der Waals surface area contributed by atoms with Crippen molar-refractivity contribution in [2.45, 2.75) is 19.3 Å². The molecule has 1 aliphatic carbocycles. The van der Waals surface area contributed by atoms with Gasteiger partial charge in [0.15, 0.2) is 0 Å². The summed E-state index contributed by atoms with van der Waals surface area (Å²) in [6.45, 7) is 0. The molecule has 0 radical (unpaired) electrons. The summed E-state index contributed by atoms with van der Waals surface area (Å²) in [5.41, 5.74) is 3.49. The predicted molar refractivity (Wildman–Crippen MR) is 69.1 cm³/mol. The molecule has 2 N–H and O–H groups in total. The summed E-state index contributed by atoms with van der Waals surface area (Å²) in [5.74, 6) is -0.922. The third-order valence-corrected chi connectivity index (χ3v) is 3.99. The maximum absolute atomic E-state index is 11.0. The molecule has 0 spiro atoms. The van der Waals surface area contributed by atoms with Gasteiger partial charge in [0, 0.05) is 27.5 Å². The van der Waals surface area contributed by atoms with E-state index in [-0.39, 0.29) is 5.92 Å². The third-order valence-electron chi connectivity index (χ3n) is 3.50. The Labute approximate surface area is 107 Å². The maximum atomic E-state index is 11.0. The highest BCUT2D eigenvalue weighted by Gasteiger charge is 2.26. The third kappa shape index (κ3) is 1.76. The molecule has 0 aliphatic heterocycles. The molecular formula is C13H12BrNO2. The number of aliphatic carboxylic acids is 1. The van der Waals surface area contributed by atoms with Gasteiger partial charge in [0.25, 0.3) is 0 Å². The Bertz CT molecular complexity index is 603. The zero-order valence-electron chi connectivity index (χ0n) is 9.16. The number of rotatable bonds is 1. The van der Waals surface area contributed by atoms with Crippen molar-refractivity contribution in [1.82, 2.24) is 4.98 Å². The van der Waals surface area contributed by atoms with Gasteiger partial charge in [-0.15, -0.1) is 0 Å². The maximum Gasteiger partial charge on any atom is 0.306 e. The van der Waals surface area contributed by atoms with Crippen LogP contribution in [0.5, 0.6) is 0 Å². The van der Waals surface area contributed by atoms with Crippen molar-refractivity contribution in [3.05, 3.63) is 33.9 Å². The number of hydrogen-bond acceptors (Lipinski definition) is 1. The number of carbonyl (C=O) groups is 1. The van der Waals surface area contributed by atoms with Crippen LogP contribution < -0.4 is 0 Å². The van der Waals surface area contributed by atoms with Crippen LogP contribution in [0.4, 0.5) is 0 Å². The molecule has 88 valence electrons. The smallest absolute Gasteiger partial charge is 0.306 e. The molecule has 3 nitrogen and oxygen atoms in total. The molecule has 1 atom stereocenters. The lowest BCUT2D eigenvalue weighted by molar-refractivity contribution is -0.142. The van der Waals surface area contributed by atoms with Gasteiger partial charge in [-0.05, 0) is 36.6 Å². The minimum absolute atomic E-state index is 0.237. The molecule has 1 aromatic carbocycles. The molecule has 3 rings (SSSR count). The highest BCUT2D eigenvalue weighted by molar-refractivity contribution is 9.10. The fraction of sp³-hybridized carbons (Fsp3) is 0.308. The lowest BCUT2D eigenvalue weighted by Crippen LogP contribution is -2.21. The number of nitrogens with one attached hydrogen (secondary N) is 1. The summed E-state index contributed by atoms with van der Waals surface area (Å²) in [7, 11) is 0. The molecule has 17 heavy (non-hydrogen) atoms. The largest absolute Gasteiger partial charge is 0.481 e. The van der Waals surface area contributed by atoms with Crippen molar-refractivity contribution in [3.63, 3.8) is 0 Å². The van der Waals surface area contributed by atoms with Gasteiger partial charge >= 0.3 is 5.97 Å². The molecule has 1 unspecified atom stereocenters. The summed E-state index contributed by atoms with van der Waals surface area (Å²) in [5, 5.41) is 10.3. The van der Waals surface area contributed by atoms with Crippen LogP contribution in [0.1, 0.15) is 17.7 Å². The summed E-state index contributed by atoms with van der Waals surface area (Å²) < 4.78 is 1.06. The van der Waals surface area contributed by atoms with E-state index >= 15 is 0 Å². The molecule has 0 fully saturated rings. The molecule has 0 amide bonds. The number of H-pyrrole nitrogens is 1. The first-order valence-electron chi connectivity index (χ1n) is 5.67. The minimum Gasteiger partial charge on any atom is -0.481 e. The van der Waals surface area contributed by atoms with Crippen LogP contribution in [0.15, 0.2) is 22.7 Å². The summed E-state index contributed by atoms with van der Waals surface area (Å²) in [6.07, 6.45) is 2.21. The van der Waals surface area contributed by atoms with Crippen molar-refractivity contribution in [1.29, 1.82) is 0 Å². The number of aromatic nitrogens is 1. The monoisotopic (exact) mass is 293 g/mol. The van der Waals surface area contributed by atoms with Crippen molar-refractivity contribution in [3.8, 4) is 0 Å². The van der Waals surface area contributed by atoms with Crippen LogP contribution in [0, 0.1) is 5.92 Å². The second-order valence-electron chi connectivity index (χ2n) is 4.55. The van der Waals surface area contributed by atoms with Gasteiger partial charge in [0.1, 0.15) is 0 Å². The normalized spacial score (nSPS) is 19.2. The van der Waals surface area contributed by atoms with E-state index in [0.29, 0.717) is 6.42 Å². The molecule has 0 saturated carbocycles. The number of fused-ring (bicyclic) bond motifs is 3. The first-order valence-corrected chi connectivity index (χ1v) is 6.46. The molecule has 4 heteroatoms. The second kappa shape index (κ2) is 3.88. The zero-order valence-corrected chi connectivity index (χ0v) is 10.8. The molecule has 2 aromatic rings. The van der Waals surface area contributed by atoms with Crippen LogP contribution in [0.25, 0.3) is 10.9 Å². The Morgan fingerprint density at radius 3 is 3.06 bits per heavy atom.